The number of hydrogen-bond acceptors (Lipinski definition) is 6. The van der Waals surface area contributed by atoms with Crippen LogP contribution in [0.25, 0.3) is 23.0 Å². The van der Waals surface area contributed by atoms with Crippen molar-refractivity contribution < 1.29 is 17.9 Å². The average Bonchev–Trinajstić information content (AvgIpc) is 3.40. The molecular formula is C26H26N4O4S. The van der Waals surface area contributed by atoms with Gasteiger partial charge in [-0.15, -0.1) is 0 Å². The second kappa shape index (κ2) is 10.2. The third-order valence-electron chi connectivity index (χ3n) is 5.76. The molecule has 1 aliphatic heterocycles. The van der Waals surface area contributed by atoms with Gasteiger partial charge in [0.2, 0.25) is 0 Å². The van der Waals surface area contributed by atoms with Gasteiger partial charge in [0.05, 0.1) is 23.8 Å². The zero-order valence-electron chi connectivity index (χ0n) is 19.6. The quantitative estimate of drug-likeness (QED) is 0.401. The first-order chi connectivity index (χ1) is 16.8. The summed E-state index contributed by atoms with van der Waals surface area (Å²) in [6.07, 6.45) is 3.61. The molecule has 1 fully saturated rings. The van der Waals surface area contributed by atoms with Crippen LogP contribution in [0.4, 0.5) is 0 Å². The van der Waals surface area contributed by atoms with Crippen molar-refractivity contribution in [2.75, 3.05) is 18.1 Å². The van der Waals surface area contributed by atoms with Crippen LogP contribution >= 0.6 is 0 Å². The summed E-state index contributed by atoms with van der Waals surface area (Å²) in [6.45, 7) is 4.42. The average molecular weight is 491 g/mol. The standard InChI is InChI=1S/C26H26N4O4S/c1-3-34-23-9-10-24(18(2)13-23)25-20(16-30(29-25)22-7-5-4-6-8-22)14-19(15-27)26(31)28-21-11-12-35(32,33)17-21/h4-10,13-14,16,21H,3,11-12,17H2,1-2H3,(H,28,31)/b19-14+/t21-/m1/s1. The van der Waals surface area contributed by atoms with Crippen LogP contribution in [0.3, 0.4) is 0 Å². The Labute approximate surface area is 204 Å². The van der Waals surface area contributed by atoms with Gasteiger partial charge in [-0.05, 0) is 62.2 Å². The summed E-state index contributed by atoms with van der Waals surface area (Å²) in [7, 11) is -3.16. The Bertz CT molecular complexity index is 1420. The van der Waals surface area contributed by atoms with E-state index in [1.54, 1.807) is 10.9 Å². The second-order valence-corrected chi connectivity index (χ2v) is 10.6. The molecule has 2 aromatic carbocycles. The summed E-state index contributed by atoms with van der Waals surface area (Å²) in [6, 6.07) is 16.7. The molecule has 1 aromatic heterocycles. The number of rotatable bonds is 7. The molecule has 180 valence electrons. The lowest BCUT2D eigenvalue weighted by Gasteiger charge is -2.10. The number of sulfone groups is 1. The van der Waals surface area contributed by atoms with Gasteiger partial charge in [-0.2, -0.15) is 10.4 Å². The lowest BCUT2D eigenvalue weighted by molar-refractivity contribution is -0.117. The maximum Gasteiger partial charge on any atom is 0.262 e. The molecule has 0 radical (unpaired) electrons. The normalized spacial score (nSPS) is 17.1. The van der Waals surface area contributed by atoms with E-state index >= 15 is 0 Å². The number of carbonyl (C=O) groups is 1. The van der Waals surface area contributed by atoms with Gasteiger partial charge >= 0.3 is 0 Å². The summed E-state index contributed by atoms with van der Waals surface area (Å²) in [4.78, 5) is 12.8. The van der Waals surface area contributed by atoms with Crippen LogP contribution in [0.15, 0.2) is 60.3 Å². The molecule has 0 bridgehead atoms. The number of aromatic nitrogens is 2. The Hall–Kier alpha value is -3.90. The van der Waals surface area contributed by atoms with Gasteiger partial charge in [0.15, 0.2) is 9.84 Å². The molecule has 0 saturated carbocycles. The third kappa shape index (κ3) is 5.61. The van der Waals surface area contributed by atoms with Gasteiger partial charge in [-0.3, -0.25) is 4.79 Å². The first-order valence-electron chi connectivity index (χ1n) is 11.3. The van der Waals surface area contributed by atoms with Crippen LogP contribution in [0, 0.1) is 18.3 Å². The van der Waals surface area contributed by atoms with Crippen molar-refractivity contribution in [1.82, 2.24) is 15.1 Å². The number of carbonyl (C=O) groups excluding carboxylic acids is 1. The fraction of sp³-hybridized carbons (Fsp3) is 0.269. The Morgan fingerprint density at radius 2 is 2.06 bits per heavy atom. The van der Waals surface area contributed by atoms with Crippen molar-refractivity contribution in [3.05, 3.63) is 71.4 Å². The molecule has 35 heavy (non-hydrogen) atoms. The topological polar surface area (TPSA) is 114 Å². The van der Waals surface area contributed by atoms with E-state index in [-0.39, 0.29) is 17.1 Å². The molecule has 9 heteroatoms. The zero-order chi connectivity index (χ0) is 25.0. The second-order valence-electron chi connectivity index (χ2n) is 8.37. The van der Waals surface area contributed by atoms with Crippen LogP contribution in [0.5, 0.6) is 5.75 Å². The molecule has 1 saturated heterocycles. The Kier molecular flexibility index (Phi) is 7.03. The number of nitrogens with zero attached hydrogens (tertiary/aromatic N) is 3. The maximum atomic E-state index is 12.8. The number of amides is 1. The van der Waals surface area contributed by atoms with Crippen molar-refractivity contribution in [2.45, 2.75) is 26.3 Å². The van der Waals surface area contributed by atoms with E-state index in [0.29, 0.717) is 24.3 Å². The van der Waals surface area contributed by atoms with Crippen LogP contribution in [0.1, 0.15) is 24.5 Å². The smallest absolute Gasteiger partial charge is 0.262 e. The molecule has 0 aliphatic carbocycles. The van der Waals surface area contributed by atoms with E-state index < -0.39 is 21.8 Å². The highest BCUT2D eigenvalue weighted by molar-refractivity contribution is 7.91. The lowest BCUT2D eigenvalue weighted by atomic mass is 10.0. The van der Waals surface area contributed by atoms with E-state index in [9.17, 15) is 18.5 Å². The van der Waals surface area contributed by atoms with Crippen molar-refractivity contribution in [3.8, 4) is 28.8 Å². The van der Waals surface area contributed by atoms with Gasteiger partial charge in [0.25, 0.3) is 5.91 Å². The summed E-state index contributed by atoms with van der Waals surface area (Å²) >= 11 is 0. The maximum absolute atomic E-state index is 12.8. The van der Waals surface area contributed by atoms with Gasteiger partial charge < -0.3 is 10.1 Å². The highest BCUT2D eigenvalue weighted by atomic mass is 32.2. The monoisotopic (exact) mass is 490 g/mol. The summed E-state index contributed by atoms with van der Waals surface area (Å²) < 4.78 is 30.8. The van der Waals surface area contributed by atoms with Crippen molar-refractivity contribution in [2.24, 2.45) is 0 Å². The number of nitriles is 1. The highest BCUT2D eigenvalue weighted by Gasteiger charge is 2.29. The van der Waals surface area contributed by atoms with Crippen LogP contribution in [-0.2, 0) is 14.6 Å². The Morgan fingerprint density at radius 1 is 1.29 bits per heavy atom. The fourth-order valence-corrected chi connectivity index (χ4v) is 5.72. The first-order valence-corrected chi connectivity index (χ1v) is 13.1. The van der Waals surface area contributed by atoms with E-state index in [4.69, 9.17) is 9.84 Å². The van der Waals surface area contributed by atoms with E-state index in [0.717, 1.165) is 22.6 Å². The van der Waals surface area contributed by atoms with Crippen molar-refractivity contribution in [1.29, 1.82) is 5.26 Å². The largest absolute Gasteiger partial charge is 0.494 e. The number of para-hydroxylation sites is 1. The van der Waals surface area contributed by atoms with Gasteiger partial charge in [-0.25, -0.2) is 13.1 Å². The van der Waals surface area contributed by atoms with Crippen molar-refractivity contribution >= 4 is 21.8 Å². The minimum atomic E-state index is -3.16. The van der Waals surface area contributed by atoms with E-state index in [2.05, 4.69) is 5.32 Å². The molecule has 1 amide bonds. The number of benzene rings is 2. The van der Waals surface area contributed by atoms with E-state index in [1.165, 1.54) is 6.08 Å². The molecule has 0 unspecified atom stereocenters. The minimum absolute atomic E-state index is 0.0363. The number of ether oxygens (including phenoxy) is 1. The molecule has 0 spiro atoms. The zero-order valence-corrected chi connectivity index (χ0v) is 20.4. The highest BCUT2D eigenvalue weighted by Crippen LogP contribution is 2.31. The lowest BCUT2D eigenvalue weighted by Crippen LogP contribution is -2.36. The molecule has 1 N–H and O–H groups in total. The minimum Gasteiger partial charge on any atom is -0.494 e. The molecular weight excluding hydrogens is 464 g/mol. The molecule has 1 aliphatic rings. The summed E-state index contributed by atoms with van der Waals surface area (Å²) in [5.41, 5.74) is 3.69. The SMILES string of the molecule is CCOc1ccc(-c2nn(-c3ccccc3)cc2/C=C(\C#N)C(=O)N[C@@H]2CCS(=O)(=O)C2)c(C)c1. The van der Waals surface area contributed by atoms with Crippen LogP contribution in [-0.4, -0.2) is 48.3 Å². The predicted molar refractivity (Wildman–Crippen MR) is 134 cm³/mol. The molecule has 2 heterocycles. The molecule has 1 atom stereocenters. The Balaban J connectivity index is 1.74. The van der Waals surface area contributed by atoms with Crippen LogP contribution < -0.4 is 10.1 Å². The van der Waals surface area contributed by atoms with Gasteiger partial charge in [0, 0.05) is 23.4 Å². The number of nitrogens with one attached hydrogen (secondary N) is 1. The molecule has 4 rings (SSSR count). The first kappa shape index (κ1) is 24.2. The van der Waals surface area contributed by atoms with E-state index in [1.807, 2.05) is 68.4 Å². The van der Waals surface area contributed by atoms with Gasteiger partial charge in [-0.1, -0.05) is 18.2 Å². The molecule has 8 nitrogen and oxygen atoms in total. The number of hydrogen-bond donors (Lipinski definition) is 1. The summed E-state index contributed by atoms with van der Waals surface area (Å²) in [5, 5.41) is 17.2. The number of aryl methyl sites for hydroxylation is 1. The van der Waals surface area contributed by atoms with Gasteiger partial charge in [0.1, 0.15) is 23.1 Å². The Morgan fingerprint density at radius 3 is 2.69 bits per heavy atom. The predicted octanol–water partition coefficient (Wildman–Crippen LogP) is 3.46. The summed E-state index contributed by atoms with van der Waals surface area (Å²) in [5.74, 6) is 0.0718. The molecule has 3 aromatic rings. The third-order valence-corrected chi connectivity index (χ3v) is 7.53. The van der Waals surface area contributed by atoms with Crippen LogP contribution in [0.2, 0.25) is 0 Å². The fourth-order valence-electron chi connectivity index (χ4n) is 4.05. The van der Waals surface area contributed by atoms with Crippen molar-refractivity contribution in [3.63, 3.8) is 0 Å².